The van der Waals surface area contributed by atoms with Crippen LogP contribution in [0.2, 0.25) is 0 Å². The first-order valence-electron chi connectivity index (χ1n) is 22.0. The van der Waals surface area contributed by atoms with E-state index in [0.29, 0.717) is 25.7 Å². The second-order valence-corrected chi connectivity index (χ2v) is 17.0. The zero-order chi connectivity index (χ0) is 45.8. The molecular weight excluding hydrogens is 838 g/mol. The van der Waals surface area contributed by atoms with Gasteiger partial charge in [-0.25, -0.2) is 9.13 Å². The van der Waals surface area contributed by atoms with Gasteiger partial charge in [0.2, 0.25) is 0 Å². The van der Waals surface area contributed by atoms with Crippen LogP contribution in [0.1, 0.15) is 135 Å². The SMILES string of the molecule is CCCCC/C=C\C/C=C\C/C=C\C/C=C\CCCC(=O)OC[C@H](COP(=O)(O)OC[C@@H](O)COP(=O)(O)O)OC(=O)CCC/C=C\C/C=C\C/C=C\C/C=C\CCCCCO. The van der Waals surface area contributed by atoms with Crippen LogP contribution in [0.15, 0.2) is 97.2 Å². The average Bonchev–Trinajstić information content (AvgIpc) is 3.23. The maximum Gasteiger partial charge on any atom is 0.472 e. The smallest absolute Gasteiger partial charge is 0.462 e. The van der Waals surface area contributed by atoms with Gasteiger partial charge < -0.3 is 34.4 Å². The van der Waals surface area contributed by atoms with Crippen molar-refractivity contribution in [2.24, 2.45) is 0 Å². The number of hydrogen-bond donors (Lipinski definition) is 5. The summed E-state index contributed by atoms with van der Waals surface area (Å²) < 4.78 is 47.6. The lowest BCUT2D eigenvalue weighted by Crippen LogP contribution is -2.29. The molecule has 14 nitrogen and oxygen atoms in total. The second-order valence-electron chi connectivity index (χ2n) is 14.3. The number of allylic oxidation sites excluding steroid dienone is 16. The maximum atomic E-state index is 12.6. The number of aliphatic hydroxyl groups is 2. The first-order valence-corrected chi connectivity index (χ1v) is 25.1. The van der Waals surface area contributed by atoms with Gasteiger partial charge in [-0.3, -0.25) is 23.2 Å². The number of rotatable bonds is 41. The van der Waals surface area contributed by atoms with Gasteiger partial charge in [0, 0.05) is 19.4 Å². The quantitative estimate of drug-likeness (QED) is 0.0167. The highest BCUT2D eigenvalue weighted by Gasteiger charge is 2.28. The van der Waals surface area contributed by atoms with E-state index in [0.717, 1.165) is 70.6 Å². The topological polar surface area (TPSA) is 216 Å². The van der Waals surface area contributed by atoms with Crippen LogP contribution in [0.25, 0.3) is 0 Å². The Morgan fingerprint density at radius 3 is 1.35 bits per heavy atom. The molecule has 0 fully saturated rings. The van der Waals surface area contributed by atoms with Crippen LogP contribution in [0.3, 0.4) is 0 Å². The number of carbonyl (C=O) groups is 2. The highest BCUT2D eigenvalue weighted by molar-refractivity contribution is 7.47. The van der Waals surface area contributed by atoms with Crippen LogP contribution in [0.4, 0.5) is 0 Å². The lowest BCUT2D eigenvalue weighted by Gasteiger charge is -2.20. The Bertz CT molecular complexity index is 1460. The molecule has 0 aliphatic heterocycles. The van der Waals surface area contributed by atoms with Gasteiger partial charge in [-0.2, -0.15) is 0 Å². The van der Waals surface area contributed by atoms with Crippen LogP contribution >= 0.6 is 15.6 Å². The van der Waals surface area contributed by atoms with Crippen molar-refractivity contribution in [1.82, 2.24) is 0 Å². The van der Waals surface area contributed by atoms with Crippen molar-refractivity contribution in [3.8, 4) is 0 Å². The summed E-state index contributed by atoms with van der Waals surface area (Å²) in [5.41, 5.74) is 0. The number of esters is 2. The molecule has 62 heavy (non-hydrogen) atoms. The number of hydrogen-bond acceptors (Lipinski definition) is 11. The van der Waals surface area contributed by atoms with E-state index in [-0.39, 0.29) is 19.4 Å². The summed E-state index contributed by atoms with van der Waals surface area (Å²) in [5, 5.41) is 18.5. The minimum Gasteiger partial charge on any atom is -0.462 e. The van der Waals surface area contributed by atoms with Gasteiger partial charge in [0.05, 0.1) is 19.8 Å². The number of phosphoric ester groups is 2. The van der Waals surface area contributed by atoms with Crippen molar-refractivity contribution >= 4 is 27.6 Å². The molecule has 5 N–H and O–H groups in total. The predicted octanol–water partition coefficient (Wildman–Crippen LogP) is 10.3. The molecule has 0 saturated carbocycles. The fraction of sp³-hybridized carbons (Fsp3) is 0.609. The standard InChI is InChI=1S/C46H76O14P2/c1-2-3-4-5-6-7-8-9-10-12-15-18-21-24-27-30-33-36-45(49)56-41-44(42-59-62(54,55)58-40-43(48)39-57-61(51,52)53)60-46(50)37-34-31-28-25-22-19-16-13-11-14-17-20-23-26-29-32-35-38-47/h6-7,9-11,14-16,18-20,23-25,27-28,43-44,47-48H,2-5,8,12-13,17,21-22,26,29-42H2,1H3,(H,54,55)(H2,51,52,53)/b7-6-,10-9-,14-11-,18-15-,19-16-,23-20-,27-24-,28-25-/t43-,44+/m0/s1. The van der Waals surface area contributed by atoms with Crippen molar-refractivity contribution in [1.29, 1.82) is 0 Å². The molecule has 0 aromatic carbocycles. The van der Waals surface area contributed by atoms with Crippen molar-refractivity contribution < 1.29 is 66.7 Å². The molecule has 1 unspecified atom stereocenters. The molecule has 0 bridgehead atoms. The molecule has 0 amide bonds. The third kappa shape index (κ3) is 45.0. The van der Waals surface area contributed by atoms with Crippen molar-refractivity contribution in [2.75, 3.05) is 33.0 Å². The van der Waals surface area contributed by atoms with E-state index in [2.05, 4.69) is 88.9 Å². The van der Waals surface area contributed by atoms with E-state index >= 15 is 0 Å². The highest BCUT2D eigenvalue weighted by Crippen LogP contribution is 2.43. The molecule has 3 atom stereocenters. The van der Waals surface area contributed by atoms with E-state index in [1.165, 1.54) is 19.3 Å². The first kappa shape index (κ1) is 59.0. The Labute approximate surface area is 371 Å². The molecule has 0 heterocycles. The zero-order valence-electron chi connectivity index (χ0n) is 36.9. The summed E-state index contributed by atoms with van der Waals surface area (Å²) in [5.74, 6) is -1.19. The van der Waals surface area contributed by atoms with E-state index in [1.54, 1.807) is 0 Å². The summed E-state index contributed by atoms with van der Waals surface area (Å²) >= 11 is 0. The highest BCUT2D eigenvalue weighted by atomic mass is 31.2. The molecule has 0 aromatic rings. The van der Waals surface area contributed by atoms with Gasteiger partial charge in [0.25, 0.3) is 0 Å². The largest absolute Gasteiger partial charge is 0.472 e. The number of carbonyl (C=O) groups excluding carboxylic acids is 2. The van der Waals surface area contributed by atoms with Gasteiger partial charge in [0.15, 0.2) is 6.10 Å². The van der Waals surface area contributed by atoms with Gasteiger partial charge in [0.1, 0.15) is 12.7 Å². The molecule has 0 rings (SSSR count). The minimum atomic E-state index is -4.88. The third-order valence-electron chi connectivity index (χ3n) is 8.49. The predicted molar refractivity (Wildman–Crippen MR) is 245 cm³/mol. The number of aliphatic hydroxyl groups excluding tert-OH is 2. The average molecular weight is 915 g/mol. The van der Waals surface area contributed by atoms with E-state index in [9.17, 15) is 28.7 Å². The van der Waals surface area contributed by atoms with Crippen molar-refractivity contribution in [2.45, 2.75) is 148 Å². The van der Waals surface area contributed by atoms with Gasteiger partial charge >= 0.3 is 27.6 Å². The number of unbranched alkanes of at least 4 members (excludes halogenated alkanes) is 8. The van der Waals surface area contributed by atoms with Crippen LogP contribution in [-0.2, 0) is 41.8 Å². The normalized spacial score (nSPS) is 14.9. The summed E-state index contributed by atoms with van der Waals surface area (Å²) in [6.07, 6.45) is 47.1. The number of phosphoric acid groups is 2. The maximum absolute atomic E-state index is 12.6. The Morgan fingerprint density at radius 1 is 0.500 bits per heavy atom. The lowest BCUT2D eigenvalue weighted by molar-refractivity contribution is -0.161. The van der Waals surface area contributed by atoms with Crippen LogP contribution in [-0.4, -0.2) is 82.1 Å². The third-order valence-corrected chi connectivity index (χ3v) is 9.93. The summed E-state index contributed by atoms with van der Waals surface area (Å²) in [6.45, 7) is -0.411. The van der Waals surface area contributed by atoms with E-state index < -0.39 is 66.2 Å². The molecular formula is C46H76O14P2. The van der Waals surface area contributed by atoms with Gasteiger partial charge in [-0.05, 0) is 96.3 Å². The van der Waals surface area contributed by atoms with Crippen molar-refractivity contribution in [3.63, 3.8) is 0 Å². The molecule has 0 spiro atoms. The van der Waals surface area contributed by atoms with E-state index in [4.69, 9.17) is 28.9 Å². The van der Waals surface area contributed by atoms with Crippen LogP contribution in [0.5, 0.6) is 0 Å². The monoisotopic (exact) mass is 914 g/mol. The summed E-state index contributed by atoms with van der Waals surface area (Å²) in [4.78, 5) is 52.7. The van der Waals surface area contributed by atoms with Gasteiger partial charge in [-0.15, -0.1) is 0 Å². The van der Waals surface area contributed by atoms with Crippen LogP contribution in [0, 0.1) is 0 Å². The first-order chi connectivity index (χ1) is 29.9. The second kappa shape index (κ2) is 42.0. The lowest BCUT2D eigenvalue weighted by atomic mass is 10.2. The molecule has 0 saturated heterocycles. The summed E-state index contributed by atoms with van der Waals surface area (Å²) in [7, 11) is -9.73. The Kier molecular flexibility index (Phi) is 39.9. The zero-order valence-corrected chi connectivity index (χ0v) is 38.7. The molecule has 0 aliphatic rings. The Morgan fingerprint density at radius 2 is 0.903 bits per heavy atom. The fourth-order valence-corrected chi connectivity index (χ4v) is 6.29. The minimum absolute atomic E-state index is 0.0284. The molecule has 16 heteroatoms. The molecule has 0 aromatic heterocycles. The van der Waals surface area contributed by atoms with Crippen LogP contribution < -0.4 is 0 Å². The molecule has 0 aliphatic carbocycles. The number of ether oxygens (including phenoxy) is 2. The Hall–Kier alpha value is -3.00. The van der Waals surface area contributed by atoms with E-state index in [1.807, 2.05) is 24.3 Å². The summed E-state index contributed by atoms with van der Waals surface area (Å²) in [6, 6.07) is 0. The molecule has 0 radical (unpaired) electrons. The van der Waals surface area contributed by atoms with Gasteiger partial charge in [-0.1, -0.05) is 123 Å². The van der Waals surface area contributed by atoms with Crippen molar-refractivity contribution in [3.05, 3.63) is 97.2 Å². The molecule has 354 valence electrons. The fourth-order valence-electron chi connectivity index (χ4n) is 5.13. The Balaban J connectivity index is 4.71.